The van der Waals surface area contributed by atoms with Gasteiger partial charge in [-0.05, 0) is 24.0 Å². The van der Waals surface area contributed by atoms with E-state index < -0.39 is 10.8 Å². The molecular weight excluding hydrogens is 310 g/mol. The number of nitro benzene ring substituents is 1. The van der Waals surface area contributed by atoms with Crippen LogP contribution in [0.1, 0.15) is 28.3 Å². The van der Waals surface area contributed by atoms with Gasteiger partial charge in [-0.3, -0.25) is 30.6 Å². The molecule has 0 heterocycles. The maximum atomic E-state index is 12.1. The fourth-order valence-corrected chi connectivity index (χ4v) is 2.60. The van der Waals surface area contributed by atoms with Crippen LogP contribution in [0.15, 0.2) is 54.6 Å². The van der Waals surface area contributed by atoms with Crippen LogP contribution in [-0.4, -0.2) is 16.7 Å². The Morgan fingerprint density at radius 3 is 2.50 bits per heavy atom. The minimum atomic E-state index is -0.594. The fourth-order valence-electron chi connectivity index (χ4n) is 2.60. The summed E-state index contributed by atoms with van der Waals surface area (Å²) >= 11 is 0. The van der Waals surface area contributed by atoms with Gasteiger partial charge in [-0.1, -0.05) is 36.4 Å². The summed E-state index contributed by atoms with van der Waals surface area (Å²) in [7, 11) is 0. The molecule has 2 atom stereocenters. The van der Waals surface area contributed by atoms with Gasteiger partial charge < -0.3 is 0 Å². The van der Waals surface area contributed by atoms with Crippen LogP contribution in [0, 0.1) is 16.0 Å². The number of amides is 2. The van der Waals surface area contributed by atoms with Crippen molar-refractivity contribution in [3.05, 3.63) is 75.8 Å². The SMILES string of the molecule is O=C(NNC(=O)[C@@H]1C[C@H]1c1ccccc1)c1cccc([N+](=O)[O-])c1. The van der Waals surface area contributed by atoms with Crippen molar-refractivity contribution in [2.24, 2.45) is 5.92 Å². The molecule has 1 saturated carbocycles. The number of nitrogens with zero attached hydrogens (tertiary/aromatic N) is 1. The van der Waals surface area contributed by atoms with Crippen molar-refractivity contribution in [2.75, 3.05) is 0 Å². The number of hydrogen-bond acceptors (Lipinski definition) is 4. The minimum Gasteiger partial charge on any atom is -0.273 e. The van der Waals surface area contributed by atoms with Crippen molar-refractivity contribution >= 4 is 17.5 Å². The number of carbonyl (C=O) groups excluding carboxylic acids is 2. The minimum absolute atomic E-state index is 0.111. The summed E-state index contributed by atoms with van der Waals surface area (Å²) < 4.78 is 0. The Morgan fingerprint density at radius 2 is 1.79 bits per heavy atom. The molecule has 3 rings (SSSR count). The molecule has 1 aliphatic rings. The van der Waals surface area contributed by atoms with Gasteiger partial charge in [0.15, 0.2) is 0 Å². The van der Waals surface area contributed by atoms with Crippen LogP contribution in [0.3, 0.4) is 0 Å². The predicted molar refractivity (Wildman–Crippen MR) is 86.0 cm³/mol. The second kappa shape index (κ2) is 6.49. The molecule has 0 aliphatic heterocycles. The van der Waals surface area contributed by atoms with Gasteiger partial charge in [0.05, 0.1) is 4.92 Å². The lowest BCUT2D eigenvalue weighted by Gasteiger charge is -2.07. The molecular formula is C17H15N3O4. The van der Waals surface area contributed by atoms with Crippen molar-refractivity contribution < 1.29 is 14.5 Å². The van der Waals surface area contributed by atoms with Crippen molar-refractivity contribution in [2.45, 2.75) is 12.3 Å². The zero-order valence-corrected chi connectivity index (χ0v) is 12.6. The third kappa shape index (κ3) is 3.40. The quantitative estimate of drug-likeness (QED) is 0.664. The van der Waals surface area contributed by atoms with E-state index in [0.29, 0.717) is 0 Å². The van der Waals surface area contributed by atoms with Crippen molar-refractivity contribution in [1.82, 2.24) is 10.9 Å². The van der Waals surface area contributed by atoms with E-state index >= 15 is 0 Å². The van der Waals surface area contributed by atoms with E-state index in [1.807, 2.05) is 30.3 Å². The van der Waals surface area contributed by atoms with Crippen LogP contribution in [0.4, 0.5) is 5.69 Å². The summed E-state index contributed by atoms with van der Waals surface area (Å²) in [5.41, 5.74) is 5.71. The van der Waals surface area contributed by atoms with Gasteiger partial charge in [-0.15, -0.1) is 0 Å². The highest BCUT2D eigenvalue weighted by molar-refractivity contribution is 5.96. The van der Waals surface area contributed by atoms with E-state index in [0.717, 1.165) is 18.1 Å². The normalized spacial score (nSPS) is 18.5. The number of hydrogen-bond donors (Lipinski definition) is 2. The highest BCUT2D eigenvalue weighted by Gasteiger charge is 2.43. The van der Waals surface area contributed by atoms with Gasteiger partial charge >= 0.3 is 0 Å². The Labute approximate surface area is 137 Å². The molecule has 2 amide bonds. The molecule has 0 spiro atoms. The third-order valence-electron chi connectivity index (χ3n) is 3.97. The van der Waals surface area contributed by atoms with E-state index in [4.69, 9.17) is 0 Å². The van der Waals surface area contributed by atoms with Crippen LogP contribution >= 0.6 is 0 Å². The molecule has 7 heteroatoms. The summed E-state index contributed by atoms with van der Waals surface area (Å²) in [6, 6.07) is 15.0. The van der Waals surface area contributed by atoms with Crippen LogP contribution in [0.25, 0.3) is 0 Å². The number of nitrogens with one attached hydrogen (secondary N) is 2. The molecule has 0 unspecified atom stereocenters. The van der Waals surface area contributed by atoms with Gasteiger partial charge in [0.2, 0.25) is 5.91 Å². The van der Waals surface area contributed by atoms with Crippen molar-refractivity contribution in [1.29, 1.82) is 0 Å². The molecule has 0 radical (unpaired) electrons. The zero-order valence-electron chi connectivity index (χ0n) is 12.6. The molecule has 2 N–H and O–H groups in total. The Kier molecular flexibility index (Phi) is 4.24. The smallest absolute Gasteiger partial charge is 0.270 e. The highest BCUT2D eigenvalue weighted by Crippen LogP contribution is 2.47. The molecule has 1 aliphatic carbocycles. The van der Waals surface area contributed by atoms with Gasteiger partial charge in [0.1, 0.15) is 0 Å². The van der Waals surface area contributed by atoms with E-state index in [-0.39, 0.29) is 29.0 Å². The largest absolute Gasteiger partial charge is 0.273 e. The molecule has 7 nitrogen and oxygen atoms in total. The molecule has 24 heavy (non-hydrogen) atoms. The molecule has 0 aromatic heterocycles. The lowest BCUT2D eigenvalue weighted by Crippen LogP contribution is -2.42. The lowest BCUT2D eigenvalue weighted by atomic mass is 10.1. The van der Waals surface area contributed by atoms with Gasteiger partial charge in [0, 0.05) is 23.6 Å². The number of nitro groups is 1. The number of rotatable bonds is 4. The van der Waals surface area contributed by atoms with E-state index in [9.17, 15) is 19.7 Å². The number of non-ortho nitro benzene ring substituents is 1. The lowest BCUT2D eigenvalue weighted by molar-refractivity contribution is -0.384. The Morgan fingerprint density at radius 1 is 1.04 bits per heavy atom. The topological polar surface area (TPSA) is 101 Å². The van der Waals surface area contributed by atoms with Gasteiger partial charge in [-0.25, -0.2) is 0 Å². The summed E-state index contributed by atoms with van der Waals surface area (Å²) in [6.07, 6.45) is 0.739. The molecule has 1 fully saturated rings. The Balaban J connectivity index is 1.55. The van der Waals surface area contributed by atoms with E-state index in [2.05, 4.69) is 10.9 Å². The van der Waals surface area contributed by atoms with Crippen LogP contribution < -0.4 is 10.9 Å². The van der Waals surface area contributed by atoms with Gasteiger partial charge in [-0.2, -0.15) is 0 Å². The molecule has 0 bridgehead atoms. The number of carbonyl (C=O) groups is 2. The Hall–Kier alpha value is -3.22. The third-order valence-corrected chi connectivity index (χ3v) is 3.97. The first-order chi connectivity index (χ1) is 11.6. The second-order valence-electron chi connectivity index (χ2n) is 5.61. The van der Waals surface area contributed by atoms with Crippen LogP contribution in [-0.2, 0) is 4.79 Å². The predicted octanol–water partition coefficient (Wildman–Crippen LogP) is 2.16. The van der Waals surface area contributed by atoms with Crippen LogP contribution in [0.2, 0.25) is 0 Å². The van der Waals surface area contributed by atoms with Gasteiger partial charge in [0.25, 0.3) is 11.6 Å². The first-order valence-electron chi connectivity index (χ1n) is 7.46. The summed E-state index contributed by atoms with van der Waals surface area (Å²) in [4.78, 5) is 34.2. The maximum Gasteiger partial charge on any atom is 0.270 e. The molecule has 2 aromatic carbocycles. The summed E-state index contributed by atoms with van der Waals surface area (Å²) in [6.45, 7) is 0. The monoisotopic (exact) mass is 325 g/mol. The average Bonchev–Trinajstić information content (AvgIpc) is 3.41. The Bertz CT molecular complexity index is 791. The van der Waals surface area contributed by atoms with Crippen LogP contribution in [0.5, 0.6) is 0 Å². The molecule has 0 saturated heterocycles. The molecule has 2 aromatic rings. The number of benzene rings is 2. The summed E-state index contributed by atoms with van der Waals surface area (Å²) in [5.74, 6) is -0.856. The van der Waals surface area contributed by atoms with Crippen molar-refractivity contribution in [3.63, 3.8) is 0 Å². The zero-order chi connectivity index (χ0) is 17.1. The maximum absolute atomic E-state index is 12.1. The van der Waals surface area contributed by atoms with Crippen molar-refractivity contribution in [3.8, 4) is 0 Å². The van der Waals surface area contributed by atoms with E-state index in [1.165, 1.54) is 18.2 Å². The summed E-state index contributed by atoms with van der Waals surface area (Å²) in [5, 5.41) is 10.7. The first kappa shape index (κ1) is 15.7. The second-order valence-corrected chi connectivity index (χ2v) is 5.61. The van der Waals surface area contributed by atoms with E-state index in [1.54, 1.807) is 0 Å². The highest BCUT2D eigenvalue weighted by atomic mass is 16.6. The standard InChI is InChI=1S/C17H15N3O4/c21-16(12-7-4-8-13(9-12)20(23)24)18-19-17(22)15-10-14(15)11-5-2-1-3-6-11/h1-9,14-15H,10H2,(H,18,21)(H,19,22)/t14-,15+/m0/s1. The molecule has 122 valence electrons. The first-order valence-corrected chi connectivity index (χ1v) is 7.46. The number of hydrazine groups is 1. The fraction of sp³-hybridized carbons (Fsp3) is 0.176. The average molecular weight is 325 g/mol.